The third-order valence-corrected chi connectivity index (χ3v) is 5.33. The molecule has 0 bridgehead atoms. The molecule has 3 aromatic carbocycles. The number of ether oxygens (including phenoxy) is 2. The van der Waals surface area contributed by atoms with Gasteiger partial charge < -0.3 is 9.47 Å². The van der Waals surface area contributed by atoms with E-state index in [-0.39, 0.29) is 0 Å². The summed E-state index contributed by atoms with van der Waals surface area (Å²) in [6, 6.07) is 23.8. The van der Waals surface area contributed by atoms with Crippen LogP contribution in [0.25, 0.3) is 11.6 Å². The minimum atomic E-state index is 0.463. The highest BCUT2D eigenvalue weighted by Crippen LogP contribution is 2.30. The second kappa shape index (κ2) is 9.76. The summed E-state index contributed by atoms with van der Waals surface area (Å²) >= 11 is 5.69. The van der Waals surface area contributed by atoms with Gasteiger partial charge in [-0.25, -0.2) is 0 Å². The first-order valence-electron chi connectivity index (χ1n) is 8.52. The number of methoxy groups -OCH3 is 1. The van der Waals surface area contributed by atoms with Crippen molar-refractivity contribution in [2.45, 2.75) is 6.61 Å². The average molecular weight is 546 g/mol. The van der Waals surface area contributed by atoms with E-state index >= 15 is 0 Å². The maximum Gasteiger partial charge on any atom is 0.161 e. The van der Waals surface area contributed by atoms with E-state index in [4.69, 9.17) is 9.47 Å². The van der Waals surface area contributed by atoms with Gasteiger partial charge in [-0.2, -0.15) is 5.26 Å². The van der Waals surface area contributed by atoms with Crippen molar-refractivity contribution in [3.05, 3.63) is 91.5 Å². The van der Waals surface area contributed by atoms with Gasteiger partial charge in [0.2, 0.25) is 0 Å². The van der Waals surface area contributed by atoms with Gasteiger partial charge >= 0.3 is 0 Å². The zero-order valence-electron chi connectivity index (χ0n) is 15.2. The summed E-state index contributed by atoms with van der Waals surface area (Å²) < 4.78 is 13.6. The van der Waals surface area contributed by atoms with E-state index in [0.29, 0.717) is 23.7 Å². The van der Waals surface area contributed by atoms with Gasteiger partial charge in [0, 0.05) is 8.04 Å². The molecule has 0 aliphatic heterocycles. The summed E-state index contributed by atoms with van der Waals surface area (Å²) in [5.74, 6) is 1.30. The van der Waals surface area contributed by atoms with Gasteiger partial charge in [-0.3, -0.25) is 0 Å². The summed E-state index contributed by atoms with van der Waals surface area (Å²) in [7, 11) is 1.61. The molecule has 140 valence electrons. The first-order chi connectivity index (χ1) is 13.6. The maximum absolute atomic E-state index is 9.53. The minimum absolute atomic E-state index is 0.463. The summed E-state index contributed by atoms with van der Waals surface area (Å²) in [5, 5.41) is 9.53. The summed E-state index contributed by atoms with van der Waals surface area (Å²) in [6.45, 7) is 0.463. The van der Waals surface area contributed by atoms with Crippen LogP contribution >= 0.6 is 38.5 Å². The predicted molar refractivity (Wildman–Crippen MR) is 124 cm³/mol. The van der Waals surface area contributed by atoms with Crippen LogP contribution in [-0.4, -0.2) is 7.11 Å². The number of nitriles is 1. The van der Waals surface area contributed by atoms with Crippen LogP contribution in [0.3, 0.4) is 0 Å². The fraction of sp³-hybridized carbons (Fsp3) is 0.0870. The smallest absolute Gasteiger partial charge is 0.161 e. The van der Waals surface area contributed by atoms with Crippen molar-refractivity contribution in [2.24, 2.45) is 0 Å². The summed E-state index contributed by atoms with van der Waals surface area (Å²) in [4.78, 5) is 0. The maximum atomic E-state index is 9.53. The Morgan fingerprint density at radius 3 is 2.39 bits per heavy atom. The Balaban J connectivity index is 1.80. The fourth-order valence-electron chi connectivity index (χ4n) is 2.61. The highest BCUT2D eigenvalue weighted by Gasteiger charge is 2.07. The van der Waals surface area contributed by atoms with Crippen molar-refractivity contribution in [2.75, 3.05) is 7.11 Å². The molecule has 0 aliphatic rings. The molecule has 0 fully saturated rings. The fourth-order valence-corrected chi connectivity index (χ4v) is 3.24. The largest absolute Gasteiger partial charge is 0.493 e. The Bertz CT molecular complexity index is 1020. The molecule has 0 heterocycles. The molecule has 0 N–H and O–H groups in total. The van der Waals surface area contributed by atoms with Crippen LogP contribution in [0, 0.1) is 14.9 Å². The first-order valence-corrected chi connectivity index (χ1v) is 10.4. The Hall–Kier alpha value is -2.30. The number of nitrogens with zero attached hydrogens (tertiary/aromatic N) is 1. The molecule has 0 radical (unpaired) electrons. The van der Waals surface area contributed by atoms with Gasteiger partial charge in [0.05, 0.1) is 18.8 Å². The molecule has 0 spiro atoms. The van der Waals surface area contributed by atoms with E-state index < -0.39 is 0 Å². The Morgan fingerprint density at radius 2 is 1.75 bits per heavy atom. The van der Waals surface area contributed by atoms with E-state index in [0.717, 1.165) is 21.2 Å². The zero-order valence-corrected chi connectivity index (χ0v) is 18.9. The Morgan fingerprint density at radius 1 is 1.04 bits per heavy atom. The molecule has 28 heavy (non-hydrogen) atoms. The van der Waals surface area contributed by atoms with Gasteiger partial charge in [-0.05, 0) is 81.8 Å². The lowest BCUT2D eigenvalue weighted by atomic mass is 10.0. The number of hydrogen-bond acceptors (Lipinski definition) is 3. The van der Waals surface area contributed by atoms with Crippen molar-refractivity contribution >= 4 is 50.2 Å². The van der Waals surface area contributed by atoms with Crippen LogP contribution < -0.4 is 9.47 Å². The molecule has 3 nitrogen and oxygen atoms in total. The molecule has 0 aromatic heterocycles. The van der Waals surface area contributed by atoms with Crippen molar-refractivity contribution in [3.63, 3.8) is 0 Å². The van der Waals surface area contributed by atoms with Gasteiger partial charge in [0.15, 0.2) is 11.5 Å². The van der Waals surface area contributed by atoms with E-state index in [1.807, 2.05) is 60.7 Å². The third kappa shape index (κ3) is 5.37. The van der Waals surface area contributed by atoms with Crippen LogP contribution in [0.4, 0.5) is 0 Å². The van der Waals surface area contributed by atoms with Crippen LogP contribution in [0.2, 0.25) is 0 Å². The Kier molecular flexibility index (Phi) is 7.12. The minimum Gasteiger partial charge on any atom is -0.493 e. The molecule has 0 amide bonds. The van der Waals surface area contributed by atoms with Crippen LogP contribution in [0.1, 0.15) is 16.7 Å². The second-order valence-corrected chi connectivity index (χ2v) is 8.16. The van der Waals surface area contributed by atoms with E-state index in [1.165, 1.54) is 3.57 Å². The molecular formula is C23H17BrINO2. The van der Waals surface area contributed by atoms with Gasteiger partial charge in [-0.15, -0.1) is 0 Å². The average Bonchev–Trinajstić information content (AvgIpc) is 2.72. The van der Waals surface area contributed by atoms with Crippen LogP contribution in [0.5, 0.6) is 11.5 Å². The molecule has 5 heteroatoms. The van der Waals surface area contributed by atoms with Gasteiger partial charge in [-0.1, -0.05) is 46.3 Å². The quantitative estimate of drug-likeness (QED) is 0.196. The molecule has 3 aromatic rings. The molecule has 0 atom stereocenters. The van der Waals surface area contributed by atoms with E-state index in [9.17, 15) is 5.26 Å². The van der Waals surface area contributed by atoms with Crippen LogP contribution in [-0.2, 0) is 6.61 Å². The highest BCUT2D eigenvalue weighted by atomic mass is 127. The normalized spacial score (nSPS) is 11.0. The van der Waals surface area contributed by atoms with E-state index in [1.54, 1.807) is 7.11 Å². The predicted octanol–water partition coefficient (Wildman–Crippen LogP) is 6.71. The SMILES string of the molecule is COc1cc(/C=C(/C#N)c2ccc(Br)cc2)ccc1OCc1ccc(I)cc1. The Labute approximate surface area is 186 Å². The second-order valence-electron chi connectivity index (χ2n) is 6.00. The lowest BCUT2D eigenvalue weighted by Crippen LogP contribution is -1.98. The molecule has 0 aliphatic carbocycles. The van der Waals surface area contributed by atoms with E-state index in [2.05, 4.69) is 56.7 Å². The molecule has 0 unspecified atom stereocenters. The third-order valence-electron chi connectivity index (χ3n) is 4.08. The highest BCUT2D eigenvalue weighted by molar-refractivity contribution is 14.1. The summed E-state index contributed by atoms with van der Waals surface area (Å²) in [6.07, 6.45) is 1.84. The number of benzene rings is 3. The summed E-state index contributed by atoms with van der Waals surface area (Å²) in [5.41, 5.74) is 3.41. The lowest BCUT2D eigenvalue weighted by Gasteiger charge is -2.12. The standard InChI is InChI=1S/C23H17BrINO2/c1-27-23-13-17(12-19(14-26)18-5-7-20(24)8-6-18)4-11-22(23)28-15-16-2-9-21(25)10-3-16/h2-13H,15H2,1H3/b19-12-. The van der Waals surface area contributed by atoms with Gasteiger partial charge in [0.1, 0.15) is 6.61 Å². The number of rotatable bonds is 6. The number of allylic oxidation sites excluding steroid dienone is 1. The molecule has 3 rings (SSSR count). The number of hydrogen-bond donors (Lipinski definition) is 0. The topological polar surface area (TPSA) is 42.2 Å². The van der Waals surface area contributed by atoms with Crippen molar-refractivity contribution in [3.8, 4) is 17.6 Å². The van der Waals surface area contributed by atoms with Crippen molar-refractivity contribution in [1.29, 1.82) is 5.26 Å². The van der Waals surface area contributed by atoms with Gasteiger partial charge in [0.25, 0.3) is 0 Å². The number of halogens is 2. The zero-order chi connectivity index (χ0) is 19.9. The molecule has 0 saturated carbocycles. The molecular weight excluding hydrogens is 529 g/mol. The monoisotopic (exact) mass is 545 g/mol. The van der Waals surface area contributed by atoms with Crippen LogP contribution in [0.15, 0.2) is 71.2 Å². The van der Waals surface area contributed by atoms with Crippen molar-refractivity contribution in [1.82, 2.24) is 0 Å². The lowest BCUT2D eigenvalue weighted by molar-refractivity contribution is 0.284. The molecule has 0 saturated heterocycles. The van der Waals surface area contributed by atoms with Crippen molar-refractivity contribution < 1.29 is 9.47 Å². The first kappa shape index (κ1) is 20.4.